The number of anilines is 1. The Bertz CT molecular complexity index is 518. The second-order valence-corrected chi connectivity index (χ2v) is 4.10. The molecule has 0 aromatic carbocycles. The summed E-state index contributed by atoms with van der Waals surface area (Å²) in [5, 5.41) is 8.62. The number of hydrogen-bond acceptors (Lipinski definition) is 6. The average molecular weight is 271 g/mol. The number of aromatic amines is 1. The number of hydrogen-bond donors (Lipinski definition) is 2. The van der Waals surface area contributed by atoms with Crippen molar-refractivity contribution in [2.45, 2.75) is 6.73 Å². The molecule has 0 bridgehead atoms. The van der Waals surface area contributed by atoms with Crippen molar-refractivity contribution in [3.63, 3.8) is 0 Å². The van der Waals surface area contributed by atoms with Crippen LogP contribution in [-0.4, -0.2) is 54.2 Å². The minimum atomic E-state index is -0.528. The van der Waals surface area contributed by atoms with Gasteiger partial charge in [0.15, 0.2) is 0 Å². The van der Waals surface area contributed by atoms with Crippen LogP contribution in [0.1, 0.15) is 0 Å². The van der Waals surface area contributed by atoms with Crippen LogP contribution in [0.3, 0.4) is 0 Å². The Labute approximate surface area is 109 Å². The summed E-state index contributed by atoms with van der Waals surface area (Å²) in [5.74, 6) is 0. The Morgan fingerprint density at radius 1 is 1.37 bits per heavy atom. The summed E-state index contributed by atoms with van der Waals surface area (Å²) < 4.78 is 11.6. The number of morpholine rings is 1. The predicted octanol–water partition coefficient (Wildman–Crippen LogP) is -1.66. The smallest absolute Gasteiger partial charge is 0.330 e. The molecule has 0 spiro atoms. The molecule has 19 heavy (non-hydrogen) atoms. The third-order valence-electron chi connectivity index (χ3n) is 2.81. The standard InChI is InChI=1S/C11H17N3O5/c15-3-6-19-8-14-7-9(10(16)12-11(14)17)13-1-4-18-5-2-13/h7,15H,1-6,8H2,(H,12,16,17). The lowest BCUT2D eigenvalue weighted by Gasteiger charge is -2.28. The van der Waals surface area contributed by atoms with E-state index in [9.17, 15) is 9.59 Å². The van der Waals surface area contributed by atoms with Crippen LogP contribution in [0.15, 0.2) is 15.8 Å². The topological polar surface area (TPSA) is 96.8 Å². The normalized spacial score (nSPS) is 15.7. The molecule has 2 heterocycles. The van der Waals surface area contributed by atoms with E-state index in [1.54, 1.807) is 0 Å². The largest absolute Gasteiger partial charge is 0.394 e. The first-order valence-electron chi connectivity index (χ1n) is 6.07. The van der Waals surface area contributed by atoms with E-state index in [-0.39, 0.29) is 19.9 Å². The van der Waals surface area contributed by atoms with Gasteiger partial charge in [-0.05, 0) is 0 Å². The molecule has 1 aromatic rings. The number of aliphatic hydroxyl groups excluding tert-OH is 1. The van der Waals surface area contributed by atoms with E-state index in [1.807, 2.05) is 4.90 Å². The van der Waals surface area contributed by atoms with E-state index in [0.717, 1.165) is 0 Å². The van der Waals surface area contributed by atoms with Crippen LogP contribution in [-0.2, 0) is 16.2 Å². The average Bonchev–Trinajstić information content (AvgIpc) is 2.42. The fraction of sp³-hybridized carbons (Fsp3) is 0.636. The molecule has 0 atom stereocenters. The molecule has 0 radical (unpaired) electrons. The summed E-state index contributed by atoms with van der Waals surface area (Å²) in [7, 11) is 0. The summed E-state index contributed by atoms with van der Waals surface area (Å²) in [5.41, 5.74) is -0.513. The lowest BCUT2D eigenvalue weighted by molar-refractivity contribution is 0.0457. The fourth-order valence-corrected chi connectivity index (χ4v) is 1.85. The maximum absolute atomic E-state index is 11.8. The maximum Gasteiger partial charge on any atom is 0.330 e. The molecule has 2 rings (SSSR count). The van der Waals surface area contributed by atoms with E-state index >= 15 is 0 Å². The van der Waals surface area contributed by atoms with Gasteiger partial charge in [-0.25, -0.2) is 4.79 Å². The van der Waals surface area contributed by atoms with Crippen LogP contribution in [0.2, 0.25) is 0 Å². The number of nitrogens with zero attached hydrogens (tertiary/aromatic N) is 2. The second-order valence-electron chi connectivity index (χ2n) is 4.10. The van der Waals surface area contributed by atoms with Crippen LogP contribution in [0, 0.1) is 0 Å². The van der Waals surface area contributed by atoms with Crippen molar-refractivity contribution in [1.29, 1.82) is 0 Å². The monoisotopic (exact) mass is 271 g/mol. The molecular weight excluding hydrogens is 254 g/mol. The Balaban J connectivity index is 2.20. The third-order valence-corrected chi connectivity index (χ3v) is 2.81. The molecule has 1 fully saturated rings. The summed E-state index contributed by atoms with van der Waals surface area (Å²) in [4.78, 5) is 27.5. The molecule has 1 saturated heterocycles. The molecule has 0 amide bonds. The SMILES string of the molecule is O=c1[nH]c(=O)n(COCCO)cc1N1CCOCC1. The number of ether oxygens (including phenoxy) is 2. The molecule has 8 nitrogen and oxygen atoms in total. The van der Waals surface area contributed by atoms with Gasteiger partial charge in [0.25, 0.3) is 5.56 Å². The van der Waals surface area contributed by atoms with Crippen LogP contribution < -0.4 is 16.1 Å². The van der Waals surface area contributed by atoms with E-state index in [0.29, 0.717) is 32.0 Å². The Morgan fingerprint density at radius 2 is 2.11 bits per heavy atom. The highest BCUT2D eigenvalue weighted by Crippen LogP contribution is 2.08. The summed E-state index contributed by atoms with van der Waals surface area (Å²) >= 11 is 0. The number of nitrogens with one attached hydrogen (secondary N) is 1. The van der Waals surface area contributed by atoms with Crippen molar-refractivity contribution >= 4 is 5.69 Å². The minimum absolute atomic E-state index is 0.00644. The number of H-pyrrole nitrogens is 1. The van der Waals surface area contributed by atoms with Crippen LogP contribution in [0.4, 0.5) is 5.69 Å². The molecule has 0 aliphatic carbocycles. The molecule has 0 saturated carbocycles. The third kappa shape index (κ3) is 3.43. The Kier molecular flexibility index (Phi) is 4.72. The first-order chi connectivity index (χ1) is 9.22. The Hall–Kier alpha value is -1.64. The minimum Gasteiger partial charge on any atom is -0.394 e. The first-order valence-corrected chi connectivity index (χ1v) is 6.07. The van der Waals surface area contributed by atoms with Gasteiger partial charge in [0, 0.05) is 19.3 Å². The summed E-state index contributed by atoms with van der Waals surface area (Å²) in [6.07, 6.45) is 1.48. The maximum atomic E-state index is 11.8. The van der Waals surface area contributed by atoms with Crippen molar-refractivity contribution in [2.75, 3.05) is 44.4 Å². The molecule has 0 unspecified atom stereocenters. The second kappa shape index (κ2) is 6.50. The predicted molar refractivity (Wildman–Crippen MR) is 67.4 cm³/mol. The van der Waals surface area contributed by atoms with Crippen LogP contribution in [0.25, 0.3) is 0 Å². The van der Waals surface area contributed by atoms with Gasteiger partial charge >= 0.3 is 5.69 Å². The zero-order chi connectivity index (χ0) is 13.7. The van der Waals surface area contributed by atoms with Gasteiger partial charge in [0.1, 0.15) is 12.4 Å². The first kappa shape index (κ1) is 13.8. The number of aliphatic hydroxyl groups is 1. The molecule has 1 aliphatic rings. The summed E-state index contributed by atoms with van der Waals surface area (Å²) in [6.45, 7) is 2.34. The number of rotatable bonds is 5. The molecular formula is C11H17N3O5. The van der Waals surface area contributed by atoms with E-state index in [4.69, 9.17) is 14.6 Å². The zero-order valence-electron chi connectivity index (χ0n) is 10.5. The molecule has 1 aliphatic heterocycles. The number of aromatic nitrogens is 2. The van der Waals surface area contributed by atoms with Gasteiger partial charge in [0.2, 0.25) is 0 Å². The highest BCUT2D eigenvalue weighted by atomic mass is 16.5. The Morgan fingerprint density at radius 3 is 2.79 bits per heavy atom. The quantitative estimate of drug-likeness (QED) is 0.622. The van der Waals surface area contributed by atoms with Crippen LogP contribution in [0.5, 0.6) is 0 Å². The van der Waals surface area contributed by atoms with Crippen LogP contribution >= 0.6 is 0 Å². The van der Waals surface area contributed by atoms with Gasteiger partial charge in [0.05, 0.1) is 26.4 Å². The lowest BCUT2D eigenvalue weighted by Crippen LogP contribution is -2.42. The summed E-state index contributed by atoms with van der Waals surface area (Å²) in [6, 6.07) is 0. The van der Waals surface area contributed by atoms with Crippen molar-refractivity contribution < 1.29 is 14.6 Å². The fourth-order valence-electron chi connectivity index (χ4n) is 1.85. The van der Waals surface area contributed by atoms with E-state index < -0.39 is 11.2 Å². The van der Waals surface area contributed by atoms with Crippen molar-refractivity contribution in [3.05, 3.63) is 27.0 Å². The van der Waals surface area contributed by atoms with Gasteiger partial charge in [-0.2, -0.15) is 0 Å². The molecule has 8 heteroatoms. The molecule has 2 N–H and O–H groups in total. The zero-order valence-corrected chi connectivity index (χ0v) is 10.5. The lowest BCUT2D eigenvalue weighted by atomic mass is 10.3. The highest BCUT2D eigenvalue weighted by Gasteiger charge is 2.15. The molecule has 1 aromatic heterocycles. The van der Waals surface area contributed by atoms with E-state index in [1.165, 1.54) is 10.8 Å². The highest BCUT2D eigenvalue weighted by molar-refractivity contribution is 5.42. The van der Waals surface area contributed by atoms with Gasteiger partial charge < -0.3 is 19.5 Å². The van der Waals surface area contributed by atoms with E-state index in [2.05, 4.69) is 4.98 Å². The van der Waals surface area contributed by atoms with Crippen molar-refractivity contribution in [3.8, 4) is 0 Å². The molecule has 106 valence electrons. The van der Waals surface area contributed by atoms with Gasteiger partial charge in [-0.1, -0.05) is 0 Å². The van der Waals surface area contributed by atoms with Gasteiger partial charge in [-0.3, -0.25) is 14.3 Å². The van der Waals surface area contributed by atoms with Crippen molar-refractivity contribution in [2.24, 2.45) is 0 Å². The van der Waals surface area contributed by atoms with Crippen molar-refractivity contribution in [1.82, 2.24) is 9.55 Å². The van der Waals surface area contributed by atoms with Gasteiger partial charge in [-0.15, -0.1) is 0 Å².